The van der Waals surface area contributed by atoms with E-state index in [4.69, 9.17) is 0 Å². The molecule has 0 aliphatic rings. The molecule has 0 bridgehead atoms. The summed E-state index contributed by atoms with van der Waals surface area (Å²) >= 11 is 4.70. The lowest BCUT2D eigenvalue weighted by Gasteiger charge is -2.15. The molecule has 4 aromatic heterocycles. The summed E-state index contributed by atoms with van der Waals surface area (Å²) in [6, 6.07) is 5.42. The van der Waals surface area contributed by atoms with E-state index in [9.17, 15) is 9.59 Å². The first-order valence-corrected chi connectivity index (χ1v) is 10.0. The van der Waals surface area contributed by atoms with Gasteiger partial charge in [-0.25, -0.2) is 4.98 Å². The number of rotatable bonds is 5. The van der Waals surface area contributed by atoms with Crippen LogP contribution in [0, 0.1) is 0 Å². The topological polar surface area (TPSA) is 97.4 Å². The number of nitrogens with one attached hydrogen (secondary N) is 1. The average Bonchev–Trinajstić information content (AvgIpc) is 3.28. The van der Waals surface area contributed by atoms with Crippen LogP contribution < -0.4 is 10.9 Å². The van der Waals surface area contributed by atoms with Gasteiger partial charge in [-0.2, -0.15) is 0 Å². The fraction of sp³-hybridized carbons (Fsp3) is 0.235. The maximum atomic E-state index is 12.4. The van der Waals surface area contributed by atoms with Crippen LogP contribution in [0.15, 0.2) is 39.0 Å². The molecule has 0 spiro atoms. The summed E-state index contributed by atoms with van der Waals surface area (Å²) in [5.74, 6) is 1.44. The molecule has 0 saturated heterocycles. The van der Waals surface area contributed by atoms with Gasteiger partial charge in [0.1, 0.15) is 10.5 Å². The molecule has 144 valence electrons. The number of halogens is 1. The Labute approximate surface area is 171 Å². The molecule has 0 aliphatic heterocycles. The lowest BCUT2D eigenvalue weighted by atomic mass is 10.4. The standard InChI is InChI=1S/C17H16BrN7O2S/c1-23(9-14(26)20-12-4-3-10(18)7-19-12)8-13-21-22-17-24(2)16(27)15-11(25(13)17)5-6-28-15/h3-7H,8-9H2,1-2H3,(H,19,20,26). The maximum absolute atomic E-state index is 12.4. The number of aromatic nitrogens is 5. The van der Waals surface area contributed by atoms with Crippen molar-refractivity contribution >= 4 is 55.0 Å². The first-order chi connectivity index (χ1) is 13.4. The molecule has 28 heavy (non-hydrogen) atoms. The highest BCUT2D eigenvalue weighted by molar-refractivity contribution is 9.10. The number of pyridine rings is 1. The Hall–Kier alpha value is -2.63. The second kappa shape index (κ2) is 7.41. The van der Waals surface area contributed by atoms with Gasteiger partial charge in [-0.05, 0) is 46.6 Å². The number of hydrogen-bond donors (Lipinski definition) is 1. The fourth-order valence-corrected chi connectivity index (χ4v) is 4.02. The molecule has 1 amide bonds. The van der Waals surface area contributed by atoms with Crippen molar-refractivity contribution < 1.29 is 4.79 Å². The van der Waals surface area contributed by atoms with Crippen LogP contribution in [0.25, 0.3) is 16.0 Å². The van der Waals surface area contributed by atoms with Gasteiger partial charge in [-0.3, -0.25) is 23.5 Å². The molecule has 9 nitrogen and oxygen atoms in total. The Bertz CT molecular complexity index is 1230. The summed E-state index contributed by atoms with van der Waals surface area (Å²) in [6.07, 6.45) is 1.62. The van der Waals surface area contributed by atoms with Crippen molar-refractivity contribution in [2.24, 2.45) is 7.05 Å². The molecule has 1 N–H and O–H groups in total. The Morgan fingerprint density at radius 3 is 2.89 bits per heavy atom. The summed E-state index contributed by atoms with van der Waals surface area (Å²) in [7, 11) is 3.50. The van der Waals surface area contributed by atoms with E-state index in [-0.39, 0.29) is 18.0 Å². The lowest BCUT2D eigenvalue weighted by molar-refractivity contribution is -0.117. The minimum absolute atomic E-state index is 0.0915. The number of aryl methyl sites for hydroxylation is 1. The monoisotopic (exact) mass is 461 g/mol. The molecular formula is C17H16BrN7O2S. The first-order valence-electron chi connectivity index (χ1n) is 8.34. The third-order valence-corrected chi connectivity index (χ3v) is 5.58. The molecule has 0 aliphatic carbocycles. The van der Waals surface area contributed by atoms with Crippen molar-refractivity contribution in [3.8, 4) is 0 Å². The SMILES string of the molecule is CN(CC(=O)Nc1ccc(Br)cn1)Cc1nnc2n(C)c(=O)c3sccc3n12. The molecule has 0 fully saturated rings. The largest absolute Gasteiger partial charge is 0.310 e. The average molecular weight is 462 g/mol. The van der Waals surface area contributed by atoms with Crippen molar-refractivity contribution in [2.45, 2.75) is 6.54 Å². The smallest absolute Gasteiger partial charge is 0.272 e. The zero-order chi connectivity index (χ0) is 19.8. The van der Waals surface area contributed by atoms with Gasteiger partial charge in [0.15, 0.2) is 5.82 Å². The second-order valence-electron chi connectivity index (χ2n) is 6.33. The molecule has 0 atom stereocenters. The minimum Gasteiger partial charge on any atom is -0.310 e. The van der Waals surface area contributed by atoms with Crippen LogP contribution in [0.4, 0.5) is 5.82 Å². The quantitative estimate of drug-likeness (QED) is 0.487. The minimum atomic E-state index is -0.181. The number of nitrogens with zero attached hydrogens (tertiary/aromatic N) is 6. The summed E-state index contributed by atoms with van der Waals surface area (Å²) in [6.45, 7) is 0.552. The third kappa shape index (κ3) is 3.43. The van der Waals surface area contributed by atoms with E-state index in [0.717, 1.165) is 9.99 Å². The van der Waals surface area contributed by atoms with Gasteiger partial charge < -0.3 is 5.32 Å². The number of thiophene rings is 1. The zero-order valence-corrected chi connectivity index (χ0v) is 17.5. The predicted octanol–water partition coefficient (Wildman–Crippen LogP) is 1.87. The van der Waals surface area contributed by atoms with E-state index < -0.39 is 0 Å². The van der Waals surface area contributed by atoms with Crippen LogP contribution in [0.5, 0.6) is 0 Å². The molecular weight excluding hydrogens is 446 g/mol. The highest BCUT2D eigenvalue weighted by atomic mass is 79.9. The summed E-state index contributed by atoms with van der Waals surface area (Å²) < 4.78 is 4.84. The van der Waals surface area contributed by atoms with Crippen LogP contribution in [0.1, 0.15) is 5.82 Å². The van der Waals surface area contributed by atoms with Gasteiger partial charge >= 0.3 is 0 Å². The number of carbonyl (C=O) groups is 1. The number of fused-ring (bicyclic) bond motifs is 3. The van der Waals surface area contributed by atoms with Crippen LogP contribution >= 0.6 is 27.3 Å². The zero-order valence-electron chi connectivity index (χ0n) is 15.1. The van der Waals surface area contributed by atoms with E-state index in [1.165, 1.54) is 15.9 Å². The highest BCUT2D eigenvalue weighted by Gasteiger charge is 2.17. The van der Waals surface area contributed by atoms with E-state index in [1.54, 1.807) is 19.3 Å². The molecule has 0 aromatic carbocycles. The summed E-state index contributed by atoms with van der Waals surface area (Å²) in [4.78, 5) is 30.6. The predicted molar refractivity (Wildman–Crippen MR) is 111 cm³/mol. The van der Waals surface area contributed by atoms with Crippen LogP contribution in [-0.2, 0) is 18.4 Å². The second-order valence-corrected chi connectivity index (χ2v) is 8.16. The van der Waals surface area contributed by atoms with Crippen molar-refractivity contribution in [1.82, 2.24) is 29.0 Å². The van der Waals surface area contributed by atoms with Crippen LogP contribution in [0.2, 0.25) is 0 Å². The first kappa shape index (κ1) is 18.7. The van der Waals surface area contributed by atoms with Crippen molar-refractivity contribution in [1.29, 1.82) is 0 Å². The highest BCUT2D eigenvalue weighted by Crippen LogP contribution is 2.19. The summed E-state index contributed by atoms with van der Waals surface area (Å²) in [5.41, 5.74) is 0.686. The van der Waals surface area contributed by atoms with Crippen molar-refractivity contribution in [3.63, 3.8) is 0 Å². The van der Waals surface area contributed by atoms with Gasteiger partial charge in [-0.1, -0.05) is 0 Å². The van der Waals surface area contributed by atoms with Crippen molar-refractivity contribution in [2.75, 3.05) is 18.9 Å². The number of anilines is 1. The lowest BCUT2D eigenvalue weighted by Crippen LogP contribution is -2.30. The number of carbonyl (C=O) groups excluding carboxylic acids is 1. The molecule has 4 aromatic rings. The van der Waals surface area contributed by atoms with Crippen LogP contribution in [-0.4, -0.2) is 48.5 Å². The molecule has 0 unspecified atom stereocenters. The molecule has 4 rings (SSSR count). The normalized spacial score (nSPS) is 11.6. The maximum Gasteiger partial charge on any atom is 0.272 e. The van der Waals surface area contributed by atoms with E-state index in [1.807, 2.05) is 33.9 Å². The van der Waals surface area contributed by atoms with E-state index >= 15 is 0 Å². The van der Waals surface area contributed by atoms with Gasteiger partial charge in [0.25, 0.3) is 5.56 Å². The van der Waals surface area contributed by atoms with Crippen molar-refractivity contribution in [3.05, 3.63) is 50.4 Å². The number of hydrogen-bond acceptors (Lipinski definition) is 7. The Kier molecular flexibility index (Phi) is 4.96. The van der Waals surface area contributed by atoms with Gasteiger partial charge in [-0.15, -0.1) is 21.5 Å². The third-order valence-electron chi connectivity index (χ3n) is 4.22. The van der Waals surface area contributed by atoms with Gasteiger partial charge in [0.05, 0.1) is 18.6 Å². The molecule has 11 heteroatoms. The number of amides is 1. The van der Waals surface area contributed by atoms with E-state index in [0.29, 0.717) is 28.7 Å². The molecule has 0 saturated carbocycles. The van der Waals surface area contributed by atoms with Gasteiger partial charge in [0, 0.05) is 17.7 Å². The summed E-state index contributed by atoms with van der Waals surface area (Å²) in [5, 5.41) is 13.0. The van der Waals surface area contributed by atoms with Crippen LogP contribution in [0.3, 0.4) is 0 Å². The van der Waals surface area contributed by atoms with E-state index in [2.05, 4.69) is 36.4 Å². The fourth-order valence-electron chi connectivity index (χ4n) is 2.93. The Morgan fingerprint density at radius 2 is 2.14 bits per heavy atom. The molecule has 4 heterocycles. The number of likely N-dealkylation sites (N-methyl/N-ethyl adjacent to an activating group) is 1. The molecule has 0 radical (unpaired) electrons. The Balaban J connectivity index is 1.54. The van der Waals surface area contributed by atoms with Gasteiger partial charge in [0.2, 0.25) is 11.7 Å². The Morgan fingerprint density at radius 1 is 1.32 bits per heavy atom.